The van der Waals surface area contributed by atoms with Crippen LogP contribution in [0, 0.1) is 5.41 Å². The molecule has 1 amide bonds. The largest absolute Gasteiger partial charge is 0.388 e. The van der Waals surface area contributed by atoms with Crippen molar-refractivity contribution in [3.05, 3.63) is 0 Å². The highest BCUT2D eigenvalue weighted by Gasteiger charge is 2.53. The first-order valence-electron chi connectivity index (χ1n) is 7.62. The lowest BCUT2D eigenvalue weighted by atomic mass is 9.73. The molecule has 0 saturated carbocycles. The molecule has 0 spiro atoms. The highest BCUT2D eigenvalue weighted by Crippen LogP contribution is 2.44. The summed E-state index contributed by atoms with van der Waals surface area (Å²) in [4.78, 5) is 11.4. The van der Waals surface area contributed by atoms with E-state index >= 15 is 0 Å². The Balaban J connectivity index is 0. The van der Waals surface area contributed by atoms with Crippen molar-refractivity contribution in [3.8, 4) is 0 Å². The highest BCUT2D eigenvalue weighted by atomic mass is 19.4. The number of carbonyl (C=O) groups excluding carboxylic acids is 1. The van der Waals surface area contributed by atoms with Gasteiger partial charge >= 0.3 is 6.18 Å². The van der Waals surface area contributed by atoms with Crippen LogP contribution in [0.2, 0.25) is 0 Å². The fourth-order valence-electron chi connectivity index (χ4n) is 2.13. The molecular weight excluding hydrogens is 305 g/mol. The molecule has 0 saturated heterocycles. The van der Waals surface area contributed by atoms with Crippen LogP contribution in [0.1, 0.15) is 72.6 Å². The van der Waals surface area contributed by atoms with Crippen LogP contribution in [0.15, 0.2) is 0 Å². The lowest BCUT2D eigenvalue weighted by Crippen LogP contribution is -2.49. The molecule has 1 atom stereocenters. The van der Waals surface area contributed by atoms with E-state index in [0.717, 1.165) is 26.7 Å². The summed E-state index contributed by atoms with van der Waals surface area (Å²) in [5, 5.41) is 0. The van der Waals surface area contributed by atoms with Crippen molar-refractivity contribution in [1.82, 2.24) is 0 Å². The van der Waals surface area contributed by atoms with Gasteiger partial charge in [0.2, 0.25) is 5.91 Å². The predicted octanol–water partition coefficient (Wildman–Crippen LogP) is 5.45. The van der Waals surface area contributed by atoms with Crippen molar-refractivity contribution in [2.24, 2.45) is 11.1 Å². The molecule has 0 bridgehead atoms. The number of rotatable bonds is 8. The first-order valence-corrected chi connectivity index (χ1v) is 7.62. The summed E-state index contributed by atoms with van der Waals surface area (Å²) in [5.74, 6) is -3.90. The SMILES string of the molecule is CCC(F)(F)F.CCCCCC(CCC)(C(N)=O)C(C)(F)F. The Morgan fingerprint density at radius 2 is 1.36 bits per heavy atom. The molecule has 0 radical (unpaired) electrons. The van der Waals surface area contributed by atoms with Gasteiger partial charge in [0, 0.05) is 13.3 Å². The maximum Gasteiger partial charge on any atom is 0.388 e. The molecule has 1 unspecified atom stereocenters. The fourth-order valence-corrected chi connectivity index (χ4v) is 2.13. The predicted molar refractivity (Wildman–Crippen MR) is 77.6 cm³/mol. The Morgan fingerprint density at radius 3 is 1.59 bits per heavy atom. The molecule has 0 rings (SSSR count). The van der Waals surface area contributed by atoms with Crippen LogP contribution in [-0.2, 0) is 4.79 Å². The van der Waals surface area contributed by atoms with E-state index in [0.29, 0.717) is 12.8 Å². The van der Waals surface area contributed by atoms with E-state index in [1.54, 1.807) is 6.92 Å². The van der Waals surface area contributed by atoms with Crippen LogP contribution >= 0.6 is 0 Å². The van der Waals surface area contributed by atoms with Gasteiger partial charge in [0.1, 0.15) is 5.41 Å². The van der Waals surface area contributed by atoms with Gasteiger partial charge in [-0.3, -0.25) is 4.79 Å². The minimum absolute atomic E-state index is 0.162. The first kappa shape index (κ1) is 23.4. The third-order valence-corrected chi connectivity index (χ3v) is 3.60. The van der Waals surface area contributed by atoms with Gasteiger partial charge in [-0.05, 0) is 12.8 Å². The van der Waals surface area contributed by atoms with E-state index in [1.165, 1.54) is 0 Å². The Labute approximate surface area is 129 Å². The molecule has 7 heteroatoms. The molecule has 0 heterocycles. The number of alkyl halides is 5. The molecule has 0 aliphatic rings. The van der Waals surface area contributed by atoms with Gasteiger partial charge in [-0.15, -0.1) is 0 Å². The molecule has 0 aromatic carbocycles. The van der Waals surface area contributed by atoms with E-state index in [4.69, 9.17) is 5.73 Å². The van der Waals surface area contributed by atoms with E-state index in [-0.39, 0.29) is 12.8 Å². The quantitative estimate of drug-likeness (QED) is 0.465. The summed E-state index contributed by atoms with van der Waals surface area (Å²) >= 11 is 0. The Bertz CT molecular complexity index is 312. The van der Waals surface area contributed by atoms with Crippen LogP contribution in [0.25, 0.3) is 0 Å². The number of hydrogen-bond donors (Lipinski definition) is 1. The van der Waals surface area contributed by atoms with E-state index < -0.39 is 29.8 Å². The number of amides is 1. The van der Waals surface area contributed by atoms with Gasteiger partial charge < -0.3 is 5.73 Å². The van der Waals surface area contributed by atoms with Gasteiger partial charge in [-0.2, -0.15) is 13.2 Å². The zero-order valence-electron chi connectivity index (χ0n) is 13.8. The smallest absolute Gasteiger partial charge is 0.369 e. The van der Waals surface area contributed by atoms with Crippen LogP contribution in [-0.4, -0.2) is 18.0 Å². The Hall–Kier alpha value is -0.880. The number of halogens is 5. The summed E-state index contributed by atoms with van der Waals surface area (Å²) in [7, 11) is 0. The number of hydrogen-bond acceptors (Lipinski definition) is 1. The summed E-state index contributed by atoms with van der Waals surface area (Å²) in [6.07, 6.45) is -1.37. The average molecular weight is 333 g/mol. The van der Waals surface area contributed by atoms with E-state index in [2.05, 4.69) is 0 Å². The third-order valence-electron chi connectivity index (χ3n) is 3.60. The second-order valence-corrected chi connectivity index (χ2v) is 5.51. The number of primary amides is 1. The molecule has 0 aromatic heterocycles. The minimum Gasteiger partial charge on any atom is -0.369 e. The van der Waals surface area contributed by atoms with Crippen LogP contribution < -0.4 is 5.73 Å². The molecule has 134 valence electrons. The summed E-state index contributed by atoms with van der Waals surface area (Å²) in [6, 6.07) is 0. The van der Waals surface area contributed by atoms with Crippen molar-refractivity contribution in [1.29, 1.82) is 0 Å². The highest BCUT2D eigenvalue weighted by molar-refractivity contribution is 5.82. The topological polar surface area (TPSA) is 43.1 Å². The lowest BCUT2D eigenvalue weighted by molar-refractivity contribution is -0.158. The Morgan fingerprint density at radius 1 is 0.909 bits per heavy atom. The number of carbonyl (C=O) groups is 1. The van der Waals surface area contributed by atoms with Crippen LogP contribution in [0.5, 0.6) is 0 Å². The van der Waals surface area contributed by atoms with Crippen molar-refractivity contribution < 1.29 is 26.7 Å². The van der Waals surface area contributed by atoms with Crippen LogP contribution in [0.4, 0.5) is 22.0 Å². The molecule has 22 heavy (non-hydrogen) atoms. The van der Waals surface area contributed by atoms with Crippen molar-refractivity contribution in [2.45, 2.75) is 84.7 Å². The second-order valence-electron chi connectivity index (χ2n) is 5.51. The summed E-state index contributed by atoms with van der Waals surface area (Å²) in [5.41, 5.74) is 3.55. The summed E-state index contributed by atoms with van der Waals surface area (Å²) in [6.45, 7) is 5.68. The zero-order valence-corrected chi connectivity index (χ0v) is 13.8. The van der Waals surface area contributed by atoms with E-state index in [9.17, 15) is 26.7 Å². The van der Waals surface area contributed by atoms with E-state index in [1.807, 2.05) is 6.92 Å². The molecule has 2 N–H and O–H groups in total. The standard InChI is InChI=1S/C12H23F2NO.C3H5F3/c1-4-6-7-9-12(8-5-2,10(15)16)11(3,13)14;1-2-3(4,5)6/h4-9H2,1-3H3,(H2,15,16);2H2,1H3. The second kappa shape index (κ2) is 10.0. The third kappa shape index (κ3) is 8.54. The Kier molecular flexibility index (Phi) is 10.6. The maximum atomic E-state index is 13.6. The maximum absolute atomic E-state index is 13.6. The van der Waals surface area contributed by atoms with Crippen molar-refractivity contribution in [3.63, 3.8) is 0 Å². The van der Waals surface area contributed by atoms with Gasteiger partial charge in [-0.1, -0.05) is 46.5 Å². The number of nitrogens with two attached hydrogens (primary N) is 1. The number of unbranched alkanes of at least 4 members (excludes halogenated alkanes) is 2. The average Bonchev–Trinajstić information content (AvgIpc) is 2.36. The van der Waals surface area contributed by atoms with Crippen molar-refractivity contribution in [2.75, 3.05) is 0 Å². The zero-order chi connectivity index (χ0) is 18.0. The molecular formula is C15H28F5NO. The van der Waals surface area contributed by atoms with Crippen LogP contribution in [0.3, 0.4) is 0 Å². The van der Waals surface area contributed by atoms with Gasteiger partial charge in [-0.25, -0.2) is 8.78 Å². The molecule has 2 nitrogen and oxygen atoms in total. The molecule has 0 aliphatic carbocycles. The van der Waals surface area contributed by atoms with Gasteiger partial charge in [0.05, 0.1) is 0 Å². The fraction of sp³-hybridized carbons (Fsp3) is 0.933. The van der Waals surface area contributed by atoms with Gasteiger partial charge in [0.25, 0.3) is 5.92 Å². The van der Waals surface area contributed by atoms with Crippen molar-refractivity contribution >= 4 is 5.91 Å². The first-order chi connectivity index (χ1) is 9.88. The molecule has 0 aromatic rings. The monoisotopic (exact) mass is 333 g/mol. The molecule has 0 fully saturated rings. The summed E-state index contributed by atoms with van der Waals surface area (Å²) < 4.78 is 59.6. The molecule has 0 aliphatic heterocycles. The van der Waals surface area contributed by atoms with Gasteiger partial charge in [0.15, 0.2) is 0 Å². The normalized spacial score (nSPS) is 14.8. The lowest BCUT2D eigenvalue weighted by Gasteiger charge is -2.35. The minimum atomic E-state index is -3.96.